The van der Waals surface area contributed by atoms with Gasteiger partial charge in [-0.1, -0.05) is 6.92 Å². The number of nitrogens with zero attached hydrogens (tertiary/aromatic N) is 1. The first-order chi connectivity index (χ1) is 9.50. The van der Waals surface area contributed by atoms with Gasteiger partial charge < -0.3 is 10.2 Å². The standard InChI is InChI=1S/C14H22N2O3S/c1-10-8-11(10)13-2-3-14(19-13)12(9-15)16-4-6-20(17,18)7-5-16/h2-3,10-12H,4-9,15H2,1H3. The lowest BCUT2D eigenvalue weighted by molar-refractivity contribution is 0.191. The number of rotatable bonds is 4. The van der Waals surface area contributed by atoms with Crippen molar-refractivity contribution >= 4 is 9.84 Å². The van der Waals surface area contributed by atoms with Crippen LogP contribution >= 0.6 is 0 Å². The minimum atomic E-state index is -2.86. The topological polar surface area (TPSA) is 76.5 Å². The van der Waals surface area contributed by atoms with E-state index < -0.39 is 9.84 Å². The first-order valence-corrected chi connectivity index (χ1v) is 9.06. The van der Waals surface area contributed by atoms with Crippen LogP contribution in [0.2, 0.25) is 0 Å². The molecule has 2 heterocycles. The third-order valence-corrected chi connectivity index (χ3v) is 6.10. The first-order valence-electron chi connectivity index (χ1n) is 7.24. The second-order valence-electron chi connectivity index (χ2n) is 6.00. The molecule has 1 aromatic heterocycles. The molecular weight excluding hydrogens is 276 g/mol. The SMILES string of the molecule is CC1CC1c1ccc(C(CN)N2CCS(=O)(=O)CC2)o1. The minimum Gasteiger partial charge on any atom is -0.464 e. The second-order valence-corrected chi connectivity index (χ2v) is 8.30. The predicted octanol–water partition coefficient (Wildman–Crippen LogP) is 1.13. The zero-order valence-electron chi connectivity index (χ0n) is 11.8. The Morgan fingerprint density at radius 3 is 2.60 bits per heavy atom. The van der Waals surface area contributed by atoms with E-state index in [1.54, 1.807) is 0 Å². The molecule has 0 bridgehead atoms. The maximum absolute atomic E-state index is 11.5. The molecule has 2 N–H and O–H groups in total. The molecule has 1 saturated heterocycles. The van der Waals surface area contributed by atoms with Crippen LogP contribution in [0, 0.1) is 5.92 Å². The molecule has 20 heavy (non-hydrogen) atoms. The summed E-state index contributed by atoms with van der Waals surface area (Å²) in [5, 5.41) is 0. The lowest BCUT2D eigenvalue weighted by Crippen LogP contribution is -2.44. The molecular formula is C14H22N2O3S. The Hall–Kier alpha value is -0.850. The zero-order chi connectivity index (χ0) is 14.3. The molecule has 0 radical (unpaired) electrons. The maximum Gasteiger partial charge on any atom is 0.152 e. The van der Waals surface area contributed by atoms with E-state index in [0.717, 1.165) is 11.5 Å². The molecule has 0 spiro atoms. The number of sulfone groups is 1. The summed E-state index contributed by atoms with van der Waals surface area (Å²) in [5.74, 6) is 3.64. The van der Waals surface area contributed by atoms with Crippen LogP contribution in [0.4, 0.5) is 0 Å². The van der Waals surface area contributed by atoms with Gasteiger partial charge in [0, 0.05) is 25.6 Å². The highest BCUT2D eigenvalue weighted by Crippen LogP contribution is 2.47. The largest absolute Gasteiger partial charge is 0.464 e. The van der Waals surface area contributed by atoms with Crippen molar-refractivity contribution in [1.82, 2.24) is 4.90 Å². The van der Waals surface area contributed by atoms with Crippen LogP contribution in [0.25, 0.3) is 0 Å². The van der Waals surface area contributed by atoms with E-state index >= 15 is 0 Å². The fraction of sp³-hybridized carbons (Fsp3) is 0.714. The van der Waals surface area contributed by atoms with Crippen LogP contribution < -0.4 is 5.73 Å². The normalized spacial score (nSPS) is 31.1. The fourth-order valence-electron chi connectivity index (χ4n) is 2.95. The molecule has 1 aliphatic heterocycles. The van der Waals surface area contributed by atoms with Gasteiger partial charge in [-0.2, -0.15) is 0 Å². The van der Waals surface area contributed by atoms with E-state index in [-0.39, 0.29) is 17.5 Å². The van der Waals surface area contributed by atoms with Crippen molar-refractivity contribution in [3.8, 4) is 0 Å². The van der Waals surface area contributed by atoms with Gasteiger partial charge >= 0.3 is 0 Å². The van der Waals surface area contributed by atoms with Gasteiger partial charge in [0.25, 0.3) is 0 Å². The number of hydrogen-bond donors (Lipinski definition) is 1. The number of hydrogen-bond acceptors (Lipinski definition) is 5. The van der Waals surface area contributed by atoms with Crippen molar-refractivity contribution in [3.63, 3.8) is 0 Å². The highest BCUT2D eigenvalue weighted by Gasteiger charge is 2.37. The highest BCUT2D eigenvalue weighted by atomic mass is 32.2. The summed E-state index contributed by atoms with van der Waals surface area (Å²) in [4.78, 5) is 2.12. The third-order valence-electron chi connectivity index (χ3n) is 4.49. The summed E-state index contributed by atoms with van der Waals surface area (Å²) in [7, 11) is -2.86. The van der Waals surface area contributed by atoms with Gasteiger partial charge in [0.15, 0.2) is 9.84 Å². The quantitative estimate of drug-likeness (QED) is 0.902. The Morgan fingerprint density at radius 1 is 1.40 bits per heavy atom. The van der Waals surface area contributed by atoms with Crippen molar-refractivity contribution in [2.24, 2.45) is 11.7 Å². The van der Waals surface area contributed by atoms with Crippen molar-refractivity contribution in [1.29, 1.82) is 0 Å². The summed E-state index contributed by atoms with van der Waals surface area (Å²) in [6, 6.07) is 4.04. The summed E-state index contributed by atoms with van der Waals surface area (Å²) in [6.45, 7) is 3.76. The molecule has 1 aromatic rings. The lowest BCUT2D eigenvalue weighted by Gasteiger charge is -2.32. The zero-order valence-corrected chi connectivity index (χ0v) is 12.6. The maximum atomic E-state index is 11.5. The van der Waals surface area contributed by atoms with Gasteiger partial charge in [-0.25, -0.2) is 8.42 Å². The van der Waals surface area contributed by atoms with Crippen molar-refractivity contribution in [3.05, 3.63) is 23.7 Å². The average molecular weight is 298 g/mol. The molecule has 3 atom stereocenters. The Bertz CT molecular complexity index is 567. The van der Waals surface area contributed by atoms with Crippen LogP contribution in [0.1, 0.15) is 36.8 Å². The predicted molar refractivity (Wildman–Crippen MR) is 77.3 cm³/mol. The monoisotopic (exact) mass is 298 g/mol. The van der Waals surface area contributed by atoms with Crippen LogP contribution in [0.5, 0.6) is 0 Å². The molecule has 0 aromatic carbocycles. The minimum absolute atomic E-state index is 0.00620. The van der Waals surface area contributed by atoms with Gasteiger partial charge in [0.1, 0.15) is 11.5 Å². The fourth-order valence-corrected chi connectivity index (χ4v) is 4.18. The molecule has 112 valence electrons. The Morgan fingerprint density at radius 2 is 2.05 bits per heavy atom. The summed E-state index contributed by atoms with van der Waals surface area (Å²) in [6.07, 6.45) is 1.20. The summed E-state index contributed by atoms with van der Waals surface area (Å²) >= 11 is 0. The van der Waals surface area contributed by atoms with E-state index in [4.69, 9.17) is 10.2 Å². The van der Waals surface area contributed by atoms with Crippen LogP contribution in [0.3, 0.4) is 0 Å². The third kappa shape index (κ3) is 2.77. The van der Waals surface area contributed by atoms with Gasteiger partial charge in [0.05, 0.1) is 17.5 Å². The van der Waals surface area contributed by atoms with E-state index in [1.807, 2.05) is 12.1 Å². The Labute approximate surface area is 120 Å². The molecule has 2 aliphatic rings. The second kappa shape index (κ2) is 5.16. The highest BCUT2D eigenvalue weighted by molar-refractivity contribution is 7.91. The molecule has 0 amide bonds. The molecule has 3 rings (SSSR count). The molecule has 3 unspecified atom stereocenters. The van der Waals surface area contributed by atoms with Crippen molar-refractivity contribution in [2.45, 2.75) is 25.3 Å². The number of furan rings is 1. The van der Waals surface area contributed by atoms with E-state index in [0.29, 0.717) is 31.5 Å². The van der Waals surface area contributed by atoms with Gasteiger partial charge in [-0.3, -0.25) is 4.90 Å². The van der Waals surface area contributed by atoms with Crippen LogP contribution in [0.15, 0.2) is 16.5 Å². The molecule has 2 fully saturated rings. The van der Waals surface area contributed by atoms with Crippen LogP contribution in [-0.2, 0) is 9.84 Å². The van der Waals surface area contributed by atoms with Gasteiger partial charge in [0.2, 0.25) is 0 Å². The lowest BCUT2D eigenvalue weighted by atomic mass is 10.2. The first kappa shape index (κ1) is 14.1. The Balaban J connectivity index is 1.71. The van der Waals surface area contributed by atoms with Gasteiger partial charge in [-0.05, 0) is 24.5 Å². The van der Waals surface area contributed by atoms with E-state index in [1.165, 1.54) is 6.42 Å². The Kier molecular flexibility index (Phi) is 3.64. The summed E-state index contributed by atoms with van der Waals surface area (Å²) in [5.41, 5.74) is 5.88. The summed E-state index contributed by atoms with van der Waals surface area (Å²) < 4.78 is 29.0. The molecule has 5 nitrogen and oxygen atoms in total. The van der Waals surface area contributed by atoms with Crippen molar-refractivity contribution < 1.29 is 12.8 Å². The van der Waals surface area contributed by atoms with Gasteiger partial charge in [-0.15, -0.1) is 0 Å². The van der Waals surface area contributed by atoms with E-state index in [2.05, 4.69) is 11.8 Å². The molecule has 1 saturated carbocycles. The van der Waals surface area contributed by atoms with E-state index in [9.17, 15) is 8.42 Å². The molecule has 1 aliphatic carbocycles. The smallest absolute Gasteiger partial charge is 0.152 e. The van der Waals surface area contributed by atoms with Crippen molar-refractivity contribution in [2.75, 3.05) is 31.1 Å². The average Bonchev–Trinajstić information content (AvgIpc) is 2.95. The molecule has 6 heteroatoms. The number of nitrogens with two attached hydrogens (primary N) is 1. The van der Waals surface area contributed by atoms with Crippen LogP contribution in [-0.4, -0.2) is 44.5 Å².